The minimum Gasteiger partial charge on any atom is -0.358 e. The van der Waals surface area contributed by atoms with Crippen molar-refractivity contribution in [2.24, 2.45) is 0 Å². The molecule has 0 amide bonds. The lowest BCUT2D eigenvalue weighted by molar-refractivity contribution is 0.0962. The molecule has 1 heterocycles. The van der Waals surface area contributed by atoms with Crippen LogP contribution in [0.25, 0.3) is 10.9 Å². The number of Topliss-reactive ketones (excluding diaryl/α,β-unsaturated/α-hetero) is 1. The minimum atomic E-state index is -0.507. The van der Waals surface area contributed by atoms with E-state index in [1.54, 1.807) is 12.1 Å². The van der Waals surface area contributed by atoms with Gasteiger partial charge in [-0.25, -0.2) is 4.39 Å². The van der Waals surface area contributed by atoms with Gasteiger partial charge in [0.15, 0.2) is 5.78 Å². The lowest BCUT2D eigenvalue weighted by Gasteiger charge is -2.24. The molecule has 126 valence electrons. The van der Waals surface area contributed by atoms with Crippen molar-refractivity contribution in [2.75, 3.05) is 0 Å². The molecule has 1 atom stereocenters. The predicted molar refractivity (Wildman–Crippen MR) is 96.4 cm³/mol. The lowest BCUT2D eigenvalue weighted by Crippen LogP contribution is -2.27. The van der Waals surface area contributed by atoms with Crippen LogP contribution in [-0.2, 0) is 6.42 Å². The molecule has 6 heteroatoms. The summed E-state index contributed by atoms with van der Waals surface area (Å²) in [5.74, 6) is -0.907. The summed E-state index contributed by atoms with van der Waals surface area (Å²) in [6, 6.07) is 9.13. The van der Waals surface area contributed by atoms with Crippen molar-refractivity contribution in [3.05, 3.63) is 79.3 Å². The number of benzene rings is 2. The van der Waals surface area contributed by atoms with Crippen LogP contribution in [0.3, 0.4) is 0 Å². The maximum Gasteiger partial charge on any atom is 0.200 e. The van der Waals surface area contributed by atoms with E-state index >= 15 is 0 Å². The second-order valence-corrected chi connectivity index (χ2v) is 7.04. The quantitative estimate of drug-likeness (QED) is 0.658. The Morgan fingerprint density at radius 2 is 1.84 bits per heavy atom. The van der Waals surface area contributed by atoms with E-state index in [9.17, 15) is 14.0 Å². The summed E-state index contributed by atoms with van der Waals surface area (Å²) >= 11 is 12.2. The molecule has 1 N–H and O–H groups in total. The molecule has 1 aromatic heterocycles. The first kappa shape index (κ1) is 16.3. The van der Waals surface area contributed by atoms with E-state index in [2.05, 4.69) is 4.98 Å². The zero-order chi connectivity index (χ0) is 17.7. The van der Waals surface area contributed by atoms with Crippen LogP contribution < -0.4 is 5.43 Å². The highest BCUT2D eigenvalue weighted by Gasteiger charge is 2.30. The van der Waals surface area contributed by atoms with Crippen LogP contribution >= 0.6 is 23.2 Å². The summed E-state index contributed by atoms with van der Waals surface area (Å²) in [6.45, 7) is 0. The SMILES string of the molecule is O=C1CC(c2ccc(Cl)cc2Cl)Cc2[nH]c3ccc(F)cc3c(=O)c21. The first-order valence-corrected chi connectivity index (χ1v) is 8.52. The Hall–Kier alpha value is -2.17. The van der Waals surface area contributed by atoms with Crippen LogP contribution in [-0.4, -0.2) is 10.8 Å². The molecule has 1 aliphatic carbocycles. The summed E-state index contributed by atoms with van der Waals surface area (Å²) in [4.78, 5) is 28.4. The average Bonchev–Trinajstić information content (AvgIpc) is 2.55. The number of hydrogen-bond donors (Lipinski definition) is 1. The molecule has 3 aromatic rings. The molecule has 0 fully saturated rings. The van der Waals surface area contributed by atoms with Crippen LogP contribution in [0, 0.1) is 5.82 Å². The number of ketones is 1. The molecular weight excluding hydrogens is 364 g/mol. The molecule has 0 bridgehead atoms. The monoisotopic (exact) mass is 375 g/mol. The number of nitrogens with one attached hydrogen (secondary N) is 1. The number of hydrogen-bond acceptors (Lipinski definition) is 2. The second kappa shape index (κ2) is 5.97. The van der Waals surface area contributed by atoms with Gasteiger partial charge in [-0.1, -0.05) is 29.3 Å². The molecule has 0 saturated heterocycles. The summed E-state index contributed by atoms with van der Waals surface area (Å²) < 4.78 is 13.4. The second-order valence-electron chi connectivity index (χ2n) is 6.19. The number of carbonyl (C=O) groups is 1. The highest BCUT2D eigenvalue weighted by molar-refractivity contribution is 6.35. The molecule has 2 aromatic carbocycles. The number of carbonyl (C=O) groups excluding carboxylic acids is 1. The fourth-order valence-electron chi connectivity index (χ4n) is 3.46. The van der Waals surface area contributed by atoms with Gasteiger partial charge < -0.3 is 4.98 Å². The zero-order valence-electron chi connectivity index (χ0n) is 12.9. The Labute approximate surface area is 152 Å². The molecule has 0 spiro atoms. The average molecular weight is 376 g/mol. The summed E-state index contributed by atoms with van der Waals surface area (Å²) in [7, 11) is 0. The topological polar surface area (TPSA) is 49.9 Å². The van der Waals surface area contributed by atoms with Crippen molar-refractivity contribution < 1.29 is 9.18 Å². The molecule has 4 rings (SSSR count). The van der Waals surface area contributed by atoms with Crippen molar-refractivity contribution in [3.63, 3.8) is 0 Å². The number of pyridine rings is 1. The number of rotatable bonds is 1. The van der Waals surface area contributed by atoms with Gasteiger partial charge in [-0.2, -0.15) is 0 Å². The van der Waals surface area contributed by atoms with Gasteiger partial charge in [0.25, 0.3) is 0 Å². The summed E-state index contributed by atoms with van der Waals surface area (Å²) in [6.07, 6.45) is 0.656. The smallest absolute Gasteiger partial charge is 0.200 e. The largest absolute Gasteiger partial charge is 0.358 e. The highest BCUT2D eigenvalue weighted by Crippen LogP contribution is 2.36. The Morgan fingerprint density at radius 3 is 2.60 bits per heavy atom. The standard InChI is InChI=1S/C19H12Cl2FNO2/c20-10-1-3-12(14(21)7-10)9-5-16-18(17(24)6-9)19(25)13-8-11(22)2-4-15(13)23-16/h1-4,7-9H,5-6H2,(H,23,25). The van der Waals surface area contributed by atoms with Crippen LogP contribution in [0.15, 0.2) is 41.2 Å². The highest BCUT2D eigenvalue weighted by atomic mass is 35.5. The first-order chi connectivity index (χ1) is 11.9. The Kier molecular flexibility index (Phi) is 3.89. The van der Waals surface area contributed by atoms with Crippen molar-refractivity contribution in [2.45, 2.75) is 18.8 Å². The lowest BCUT2D eigenvalue weighted by atomic mass is 9.81. The summed E-state index contributed by atoms with van der Waals surface area (Å²) in [5.41, 5.74) is 1.61. The van der Waals surface area contributed by atoms with Crippen LogP contribution in [0.4, 0.5) is 4.39 Å². The van der Waals surface area contributed by atoms with Gasteiger partial charge in [-0.05, 0) is 48.2 Å². The molecule has 1 aliphatic rings. The van der Waals surface area contributed by atoms with E-state index in [0.717, 1.165) is 11.6 Å². The van der Waals surface area contributed by atoms with Gasteiger partial charge in [0, 0.05) is 33.1 Å². The van der Waals surface area contributed by atoms with Crippen LogP contribution in [0.1, 0.15) is 34.0 Å². The van der Waals surface area contributed by atoms with Crippen molar-refractivity contribution in [3.8, 4) is 0 Å². The minimum absolute atomic E-state index is 0.124. The van der Waals surface area contributed by atoms with Gasteiger partial charge in [-0.15, -0.1) is 0 Å². The van der Waals surface area contributed by atoms with Gasteiger partial charge in [0.1, 0.15) is 5.82 Å². The Bertz CT molecular complexity index is 1090. The molecule has 0 radical (unpaired) electrons. The third-order valence-corrected chi connectivity index (χ3v) is 5.17. The van der Waals surface area contributed by atoms with E-state index in [1.165, 1.54) is 12.1 Å². The first-order valence-electron chi connectivity index (χ1n) is 7.76. The molecular formula is C19H12Cl2FNO2. The van der Waals surface area contributed by atoms with Crippen molar-refractivity contribution >= 4 is 39.9 Å². The van der Waals surface area contributed by atoms with Gasteiger partial charge in [-0.3, -0.25) is 9.59 Å². The zero-order valence-corrected chi connectivity index (χ0v) is 14.4. The van der Waals surface area contributed by atoms with E-state index in [4.69, 9.17) is 23.2 Å². The van der Waals surface area contributed by atoms with E-state index < -0.39 is 11.2 Å². The van der Waals surface area contributed by atoms with Gasteiger partial charge in [0.2, 0.25) is 5.43 Å². The third kappa shape index (κ3) is 2.75. The molecule has 1 unspecified atom stereocenters. The molecule has 0 aliphatic heterocycles. The molecule has 25 heavy (non-hydrogen) atoms. The van der Waals surface area contributed by atoms with Crippen LogP contribution in [0.5, 0.6) is 0 Å². The van der Waals surface area contributed by atoms with E-state index in [0.29, 0.717) is 27.7 Å². The van der Waals surface area contributed by atoms with E-state index in [-0.39, 0.29) is 29.1 Å². The number of aromatic amines is 1. The van der Waals surface area contributed by atoms with Gasteiger partial charge in [0.05, 0.1) is 5.56 Å². The summed E-state index contributed by atoms with van der Waals surface area (Å²) in [5, 5.41) is 1.21. The molecule has 0 saturated carbocycles. The number of aromatic nitrogens is 1. The number of halogens is 3. The van der Waals surface area contributed by atoms with Crippen LogP contribution in [0.2, 0.25) is 10.0 Å². The fourth-order valence-corrected chi connectivity index (χ4v) is 4.02. The Morgan fingerprint density at radius 1 is 1.04 bits per heavy atom. The maximum absolute atomic E-state index is 13.4. The van der Waals surface area contributed by atoms with Crippen molar-refractivity contribution in [1.29, 1.82) is 0 Å². The maximum atomic E-state index is 13.4. The predicted octanol–water partition coefficient (Wildman–Crippen LogP) is 4.89. The molecule has 3 nitrogen and oxygen atoms in total. The number of fused-ring (bicyclic) bond motifs is 2. The number of H-pyrrole nitrogens is 1. The van der Waals surface area contributed by atoms with Crippen molar-refractivity contribution in [1.82, 2.24) is 4.98 Å². The van der Waals surface area contributed by atoms with Gasteiger partial charge >= 0.3 is 0 Å². The van der Waals surface area contributed by atoms with E-state index in [1.807, 2.05) is 6.07 Å². The fraction of sp³-hybridized carbons (Fsp3) is 0.158. The Balaban J connectivity index is 1.86. The third-order valence-electron chi connectivity index (χ3n) is 4.60. The normalized spacial score (nSPS) is 16.9.